The Kier molecular flexibility index (Phi) is 5.63. The fourth-order valence-corrected chi connectivity index (χ4v) is 1.96. The number of carbonyl (C=O) groups is 2. The second-order valence-corrected chi connectivity index (χ2v) is 4.79. The second-order valence-electron chi connectivity index (χ2n) is 3.88. The summed E-state index contributed by atoms with van der Waals surface area (Å²) >= 11 is 3.10. The number of halogens is 1. The first-order valence-corrected chi connectivity index (χ1v) is 6.48. The largest absolute Gasteiger partial charge is 0.481 e. The number of nitro groups is 1. The van der Waals surface area contributed by atoms with Crippen molar-refractivity contribution in [3.05, 3.63) is 38.3 Å². The molecule has 0 aliphatic carbocycles. The highest BCUT2D eigenvalue weighted by Gasteiger charge is 2.30. The summed E-state index contributed by atoms with van der Waals surface area (Å²) in [5.74, 6) is -3.74. The Labute approximate surface area is 122 Å². The van der Waals surface area contributed by atoms with Crippen LogP contribution in [0, 0.1) is 16.0 Å². The summed E-state index contributed by atoms with van der Waals surface area (Å²) in [5, 5.41) is 20.0. The third-order valence-corrected chi connectivity index (χ3v) is 3.03. The summed E-state index contributed by atoms with van der Waals surface area (Å²) in [6.45, 7) is 1.60. The minimum atomic E-state index is -1.46. The summed E-state index contributed by atoms with van der Waals surface area (Å²) in [6, 6.07) is 4.23. The van der Waals surface area contributed by atoms with Gasteiger partial charge in [0.25, 0.3) is 5.69 Å². The fourth-order valence-electron chi connectivity index (χ4n) is 1.61. The van der Waals surface area contributed by atoms with Crippen LogP contribution in [0.15, 0.2) is 22.7 Å². The van der Waals surface area contributed by atoms with Crippen molar-refractivity contribution in [1.29, 1.82) is 0 Å². The van der Waals surface area contributed by atoms with E-state index in [0.717, 1.165) is 0 Å². The van der Waals surface area contributed by atoms with Gasteiger partial charge in [-0.05, 0) is 13.0 Å². The molecule has 0 spiro atoms. The van der Waals surface area contributed by atoms with Crippen LogP contribution < -0.4 is 0 Å². The van der Waals surface area contributed by atoms with Crippen molar-refractivity contribution in [1.82, 2.24) is 0 Å². The van der Waals surface area contributed by atoms with Crippen LogP contribution in [0.25, 0.3) is 0 Å². The summed E-state index contributed by atoms with van der Waals surface area (Å²) in [4.78, 5) is 33.0. The normalized spacial score (nSPS) is 11.7. The minimum absolute atomic E-state index is 0.0467. The number of carboxylic acid groups (broad SMARTS) is 1. The molecule has 8 heteroatoms. The molecule has 0 aromatic heterocycles. The summed E-state index contributed by atoms with van der Waals surface area (Å²) in [6.07, 6.45) is -0.294. The standard InChI is InChI=1S/C12H12BrNO6/c1-2-20-12(17)9(11(15)16)5-7-3-4-8(13)6-10(7)14(18)19/h3-4,6,9H,2,5H2,1H3,(H,15,16). The van der Waals surface area contributed by atoms with Gasteiger partial charge in [-0.25, -0.2) is 0 Å². The lowest BCUT2D eigenvalue weighted by Crippen LogP contribution is -2.28. The van der Waals surface area contributed by atoms with Gasteiger partial charge < -0.3 is 9.84 Å². The lowest BCUT2D eigenvalue weighted by Gasteiger charge is -2.11. The van der Waals surface area contributed by atoms with Gasteiger partial charge in [0.2, 0.25) is 0 Å². The Balaban J connectivity index is 3.08. The minimum Gasteiger partial charge on any atom is -0.481 e. The molecule has 1 N–H and O–H groups in total. The van der Waals surface area contributed by atoms with Crippen molar-refractivity contribution in [2.24, 2.45) is 5.92 Å². The van der Waals surface area contributed by atoms with Crippen LogP contribution in [-0.2, 0) is 20.7 Å². The van der Waals surface area contributed by atoms with E-state index in [1.165, 1.54) is 12.1 Å². The third-order valence-electron chi connectivity index (χ3n) is 2.54. The van der Waals surface area contributed by atoms with Crippen LogP contribution in [0.4, 0.5) is 5.69 Å². The smallest absolute Gasteiger partial charge is 0.320 e. The highest BCUT2D eigenvalue weighted by Crippen LogP contribution is 2.26. The molecule has 1 rings (SSSR count). The Bertz CT molecular complexity index is 545. The third kappa shape index (κ3) is 4.02. The Hall–Kier alpha value is -1.96. The van der Waals surface area contributed by atoms with Gasteiger partial charge in [-0.1, -0.05) is 22.0 Å². The molecule has 0 amide bonds. The molecule has 108 valence electrons. The predicted octanol–water partition coefficient (Wildman–Crippen LogP) is 2.16. The van der Waals surface area contributed by atoms with Gasteiger partial charge in [-0.2, -0.15) is 0 Å². The lowest BCUT2D eigenvalue weighted by atomic mass is 9.98. The summed E-state index contributed by atoms with van der Waals surface area (Å²) in [7, 11) is 0. The topological polar surface area (TPSA) is 107 Å². The number of rotatable bonds is 6. The van der Waals surface area contributed by atoms with Crippen LogP contribution in [0.5, 0.6) is 0 Å². The SMILES string of the molecule is CCOC(=O)C(Cc1ccc(Br)cc1[N+](=O)[O-])C(=O)O. The predicted molar refractivity (Wildman–Crippen MR) is 72.3 cm³/mol. The number of hydrogen-bond donors (Lipinski definition) is 1. The monoisotopic (exact) mass is 345 g/mol. The zero-order valence-corrected chi connectivity index (χ0v) is 12.1. The van der Waals surface area contributed by atoms with E-state index in [1.807, 2.05) is 0 Å². The average Bonchev–Trinajstić information content (AvgIpc) is 2.36. The molecule has 0 fully saturated rings. The molecule has 1 aromatic rings. The van der Waals surface area contributed by atoms with Gasteiger partial charge >= 0.3 is 11.9 Å². The zero-order chi connectivity index (χ0) is 15.3. The van der Waals surface area contributed by atoms with Gasteiger partial charge in [-0.3, -0.25) is 19.7 Å². The number of carbonyl (C=O) groups excluding carboxylic acids is 1. The molecule has 0 saturated heterocycles. The fraction of sp³-hybridized carbons (Fsp3) is 0.333. The lowest BCUT2D eigenvalue weighted by molar-refractivity contribution is -0.385. The second kappa shape index (κ2) is 6.99. The molecule has 20 heavy (non-hydrogen) atoms. The number of nitrogens with zero attached hydrogens (tertiary/aromatic N) is 1. The van der Waals surface area contributed by atoms with E-state index in [4.69, 9.17) is 5.11 Å². The van der Waals surface area contributed by atoms with Crippen molar-refractivity contribution in [3.8, 4) is 0 Å². The van der Waals surface area contributed by atoms with Gasteiger partial charge in [0.1, 0.15) is 0 Å². The van der Waals surface area contributed by atoms with Gasteiger partial charge in [-0.15, -0.1) is 0 Å². The van der Waals surface area contributed by atoms with Gasteiger partial charge in [0.05, 0.1) is 11.5 Å². The molecule has 0 bridgehead atoms. The number of nitro benzene ring substituents is 1. The molecular formula is C12H12BrNO6. The van der Waals surface area contributed by atoms with Crippen molar-refractivity contribution in [2.45, 2.75) is 13.3 Å². The van der Waals surface area contributed by atoms with Crippen LogP contribution in [0.1, 0.15) is 12.5 Å². The van der Waals surface area contributed by atoms with Crippen molar-refractivity contribution >= 4 is 33.6 Å². The number of hydrogen-bond acceptors (Lipinski definition) is 5. The van der Waals surface area contributed by atoms with E-state index in [-0.39, 0.29) is 24.3 Å². The maximum atomic E-state index is 11.6. The first-order chi connectivity index (χ1) is 9.36. The van der Waals surface area contributed by atoms with E-state index >= 15 is 0 Å². The molecule has 0 radical (unpaired) electrons. The molecular weight excluding hydrogens is 334 g/mol. The van der Waals surface area contributed by atoms with E-state index in [0.29, 0.717) is 4.47 Å². The maximum absolute atomic E-state index is 11.6. The number of ether oxygens (including phenoxy) is 1. The Morgan fingerprint density at radius 2 is 2.15 bits per heavy atom. The number of carboxylic acids is 1. The highest BCUT2D eigenvalue weighted by atomic mass is 79.9. The highest BCUT2D eigenvalue weighted by molar-refractivity contribution is 9.10. The van der Waals surface area contributed by atoms with Gasteiger partial charge in [0, 0.05) is 22.5 Å². The molecule has 7 nitrogen and oxygen atoms in total. The summed E-state index contributed by atoms with van der Waals surface area (Å²) in [5.41, 5.74) is -0.0754. The molecule has 0 aliphatic rings. The van der Waals surface area contributed by atoms with Crippen LogP contribution in [-0.4, -0.2) is 28.6 Å². The number of aliphatic carboxylic acids is 1. The van der Waals surface area contributed by atoms with Crippen LogP contribution in [0.2, 0.25) is 0 Å². The molecule has 0 saturated carbocycles. The van der Waals surface area contributed by atoms with E-state index in [1.54, 1.807) is 13.0 Å². The molecule has 0 heterocycles. The number of benzene rings is 1. The van der Waals surface area contributed by atoms with Crippen LogP contribution in [0.3, 0.4) is 0 Å². The van der Waals surface area contributed by atoms with E-state index in [9.17, 15) is 19.7 Å². The molecule has 1 unspecified atom stereocenters. The molecule has 1 aromatic carbocycles. The van der Waals surface area contributed by atoms with Crippen molar-refractivity contribution in [2.75, 3.05) is 6.61 Å². The Morgan fingerprint density at radius 1 is 1.50 bits per heavy atom. The van der Waals surface area contributed by atoms with Crippen molar-refractivity contribution < 1.29 is 24.4 Å². The zero-order valence-electron chi connectivity index (χ0n) is 10.5. The van der Waals surface area contributed by atoms with Crippen molar-refractivity contribution in [3.63, 3.8) is 0 Å². The molecule has 1 atom stereocenters. The van der Waals surface area contributed by atoms with E-state index < -0.39 is 22.8 Å². The first-order valence-electron chi connectivity index (χ1n) is 5.69. The van der Waals surface area contributed by atoms with Crippen LogP contribution >= 0.6 is 15.9 Å². The van der Waals surface area contributed by atoms with Gasteiger partial charge in [0.15, 0.2) is 5.92 Å². The maximum Gasteiger partial charge on any atom is 0.320 e. The summed E-state index contributed by atoms with van der Waals surface area (Å²) < 4.78 is 5.16. The molecule has 0 aliphatic heterocycles. The first kappa shape index (κ1) is 16.1. The average molecular weight is 346 g/mol. The van der Waals surface area contributed by atoms with E-state index in [2.05, 4.69) is 20.7 Å². The quantitative estimate of drug-likeness (QED) is 0.366. The number of esters is 1. The Morgan fingerprint density at radius 3 is 2.65 bits per heavy atom.